The van der Waals surface area contributed by atoms with Crippen LogP contribution >= 0.6 is 0 Å². The Bertz CT molecular complexity index is 554. The van der Waals surface area contributed by atoms with E-state index in [-0.39, 0.29) is 5.91 Å². The third kappa shape index (κ3) is 5.46. The lowest BCUT2D eigenvalue weighted by molar-refractivity contribution is -0.131. The highest BCUT2D eigenvalue weighted by atomic mass is 16.2. The van der Waals surface area contributed by atoms with Gasteiger partial charge in [-0.25, -0.2) is 0 Å². The molecule has 0 radical (unpaired) electrons. The summed E-state index contributed by atoms with van der Waals surface area (Å²) in [6.07, 6.45) is 9.45. The molecule has 1 heterocycles. The Hall–Kier alpha value is -1.55. The van der Waals surface area contributed by atoms with Crippen LogP contribution in [0.15, 0.2) is 24.3 Å². The molecule has 1 aliphatic heterocycles. The van der Waals surface area contributed by atoms with Gasteiger partial charge in [-0.1, -0.05) is 37.5 Å². The van der Waals surface area contributed by atoms with Crippen LogP contribution in [0.4, 0.5) is 5.69 Å². The molecule has 1 saturated carbocycles. The van der Waals surface area contributed by atoms with Gasteiger partial charge in [0.2, 0.25) is 5.91 Å². The summed E-state index contributed by atoms with van der Waals surface area (Å²) >= 11 is 0. The average molecular weight is 344 g/mol. The molecule has 0 unspecified atom stereocenters. The van der Waals surface area contributed by atoms with Gasteiger partial charge in [-0.3, -0.25) is 4.79 Å². The Morgan fingerprint density at radius 2 is 1.80 bits per heavy atom. The van der Waals surface area contributed by atoms with Gasteiger partial charge in [0, 0.05) is 38.3 Å². The second kappa shape index (κ2) is 9.23. The third-order valence-corrected chi connectivity index (χ3v) is 5.85. The van der Waals surface area contributed by atoms with E-state index < -0.39 is 0 Å². The lowest BCUT2D eigenvalue weighted by atomic mass is 9.89. The predicted octanol–water partition coefficient (Wildman–Crippen LogP) is 3.32. The maximum atomic E-state index is 12.6. The molecule has 2 aliphatic rings. The van der Waals surface area contributed by atoms with Gasteiger partial charge < -0.3 is 15.5 Å². The van der Waals surface area contributed by atoms with Gasteiger partial charge in [0.05, 0.1) is 0 Å². The standard InChI is InChI=1S/C21H33N3O/c22-20-10-5-4-9-19(20)11-12-21(25)24-14-6-13-23(15-16-24)17-18-7-2-1-3-8-18/h4-5,9-10,18H,1-3,6-8,11-17,22H2. The molecule has 2 N–H and O–H groups in total. The summed E-state index contributed by atoms with van der Waals surface area (Å²) in [7, 11) is 0. The number of rotatable bonds is 5. The second-order valence-electron chi connectivity index (χ2n) is 7.74. The zero-order valence-corrected chi connectivity index (χ0v) is 15.5. The van der Waals surface area contributed by atoms with E-state index in [0.29, 0.717) is 6.42 Å². The largest absolute Gasteiger partial charge is 0.399 e. The molecular weight excluding hydrogens is 310 g/mol. The Kier molecular flexibility index (Phi) is 6.74. The Morgan fingerprint density at radius 3 is 2.60 bits per heavy atom. The summed E-state index contributed by atoms with van der Waals surface area (Å²) in [5.41, 5.74) is 7.87. The van der Waals surface area contributed by atoms with Crippen molar-refractivity contribution in [3.05, 3.63) is 29.8 Å². The summed E-state index contributed by atoms with van der Waals surface area (Å²) in [5, 5.41) is 0. The highest BCUT2D eigenvalue weighted by molar-refractivity contribution is 5.76. The molecule has 1 amide bonds. The van der Waals surface area contributed by atoms with Crippen molar-refractivity contribution in [3.63, 3.8) is 0 Å². The molecule has 138 valence electrons. The molecule has 1 aliphatic carbocycles. The minimum Gasteiger partial charge on any atom is -0.399 e. The van der Waals surface area contributed by atoms with Crippen molar-refractivity contribution in [1.82, 2.24) is 9.80 Å². The number of hydrogen-bond acceptors (Lipinski definition) is 3. The number of para-hydroxylation sites is 1. The molecule has 0 aromatic heterocycles. The fourth-order valence-electron chi connectivity index (χ4n) is 4.30. The van der Waals surface area contributed by atoms with E-state index >= 15 is 0 Å². The number of aryl methyl sites for hydroxylation is 1. The van der Waals surface area contributed by atoms with E-state index in [2.05, 4.69) is 9.80 Å². The fraction of sp³-hybridized carbons (Fsp3) is 0.667. The number of carbonyl (C=O) groups is 1. The molecule has 3 rings (SSSR count). The first-order valence-electron chi connectivity index (χ1n) is 10.1. The van der Waals surface area contributed by atoms with Gasteiger partial charge in [0.15, 0.2) is 0 Å². The lowest BCUT2D eigenvalue weighted by Gasteiger charge is -2.28. The molecule has 4 heteroatoms. The van der Waals surface area contributed by atoms with Gasteiger partial charge in [-0.2, -0.15) is 0 Å². The highest BCUT2D eigenvalue weighted by Crippen LogP contribution is 2.24. The number of nitrogens with two attached hydrogens (primary N) is 1. The van der Waals surface area contributed by atoms with Crippen LogP contribution < -0.4 is 5.73 Å². The van der Waals surface area contributed by atoms with Crippen LogP contribution in [0.1, 0.15) is 50.5 Å². The monoisotopic (exact) mass is 343 g/mol. The Morgan fingerprint density at radius 1 is 1.00 bits per heavy atom. The van der Waals surface area contributed by atoms with E-state index in [0.717, 1.165) is 56.2 Å². The van der Waals surface area contributed by atoms with Crippen molar-refractivity contribution in [2.75, 3.05) is 38.5 Å². The zero-order valence-electron chi connectivity index (χ0n) is 15.5. The number of nitrogens with zero attached hydrogens (tertiary/aromatic N) is 2. The minimum absolute atomic E-state index is 0.280. The van der Waals surface area contributed by atoms with E-state index in [1.165, 1.54) is 38.6 Å². The molecule has 4 nitrogen and oxygen atoms in total. The van der Waals surface area contributed by atoms with Gasteiger partial charge in [0.25, 0.3) is 0 Å². The minimum atomic E-state index is 0.280. The number of anilines is 1. The highest BCUT2D eigenvalue weighted by Gasteiger charge is 2.22. The van der Waals surface area contributed by atoms with Crippen LogP contribution in [-0.2, 0) is 11.2 Å². The SMILES string of the molecule is Nc1ccccc1CCC(=O)N1CCCN(CC2CCCCC2)CC1. The van der Waals surface area contributed by atoms with Crippen molar-refractivity contribution in [2.24, 2.45) is 5.92 Å². The predicted molar refractivity (Wildman–Crippen MR) is 103 cm³/mol. The van der Waals surface area contributed by atoms with Gasteiger partial charge >= 0.3 is 0 Å². The number of nitrogen functional groups attached to an aromatic ring is 1. The second-order valence-corrected chi connectivity index (χ2v) is 7.74. The van der Waals surface area contributed by atoms with Crippen LogP contribution in [0.2, 0.25) is 0 Å². The molecule has 2 fully saturated rings. The van der Waals surface area contributed by atoms with Crippen molar-refractivity contribution in [2.45, 2.75) is 51.4 Å². The fourth-order valence-corrected chi connectivity index (χ4v) is 4.30. The lowest BCUT2D eigenvalue weighted by Crippen LogP contribution is -2.37. The quantitative estimate of drug-likeness (QED) is 0.835. The third-order valence-electron chi connectivity index (χ3n) is 5.85. The summed E-state index contributed by atoms with van der Waals surface area (Å²) in [6, 6.07) is 7.87. The van der Waals surface area contributed by atoms with Crippen molar-refractivity contribution >= 4 is 11.6 Å². The van der Waals surface area contributed by atoms with Crippen molar-refractivity contribution in [1.29, 1.82) is 0 Å². The Labute approximate surface area is 152 Å². The van der Waals surface area contributed by atoms with Crippen LogP contribution in [-0.4, -0.2) is 48.4 Å². The average Bonchev–Trinajstić information content (AvgIpc) is 2.87. The van der Waals surface area contributed by atoms with Crippen LogP contribution in [0.25, 0.3) is 0 Å². The summed E-state index contributed by atoms with van der Waals surface area (Å²) in [6.45, 7) is 5.21. The number of amides is 1. The topological polar surface area (TPSA) is 49.6 Å². The summed E-state index contributed by atoms with van der Waals surface area (Å²) < 4.78 is 0. The number of benzene rings is 1. The van der Waals surface area contributed by atoms with Gasteiger partial charge in [-0.15, -0.1) is 0 Å². The van der Waals surface area contributed by atoms with Crippen LogP contribution in [0.5, 0.6) is 0 Å². The molecule has 25 heavy (non-hydrogen) atoms. The molecule has 1 aromatic rings. The molecule has 1 saturated heterocycles. The van der Waals surface area contributed by atoms with E-state index in [4.69, 9.17) is 5.73 Å². The number of carbonyl (C=O) groups excluding carboxylic acids is 1. The van der Waals surface area contributed by atoms with Crippen molar-refractivity contribution in [3.8, 4) is 0 Å². The maximum Gasteiger partial charge on any atom is 0.222 e. The smallest absolute Gasteiger partial charge is 0.222 e. The number of hydrogen-bond donors (Lipinski definition) is 1. The molecule has 0 spiro atoms. The molecule has 0 bridgehead atoms. The van der Waals surface area contributed by atoms with Crippen LogP contribution in [0, 0.1) is 5.92 Å². The first-order chi connectivity index (χ1) is 12.2. The van der Waals surface area contributed by atoms with Gasteiger partial charge in [-0.05, 0) is 49.8 Å². The van der Waals surface area contributed by atoms with E-state index in [1.54, 1.807) is 0 Å². The Balaban J connectivity index is 1.44. The van der Waals surface area contributed by atoms with Gasteiger partial charge in [0.1, 0.15) is 0 Å². The van der Waals surface area contributed by atoms with Crippen LogP contribution in [0.3, 0.4) is 0 Å². The molecular formula is C21H33N3O. The van der Waals surface area contributed by atoms with E-state index in [1.807, 2.05) is 24.3 Å². The summed E-state index contributed by atoms with van der Waals surface area (Å²) in [4.78, 5) is 17.3. The normalized spacial score (nSPS) is 20.4. The zero-order chi connectivity index (χ0) is 17.5. The van der Waals surface area contributed by atoms with E-state index in [9.17, 15) is 4.79 Å². The first kappa shape index (κ1) is 18.2. The first-order valence-corrected chi connectivity index (χ1v) is 10.1. The van der Waals surface area contributed by atoms with Crippen molar-refractivity contribution < 1.29 is 4.79 Å². The molecule has 1 aromatic carbocycles. The summed E-state index contributed by atoms with van der Waals surface area (Å²) in [5.74, 6) is 1.17. The maximum absolute atomic E-state index is 12.6. The molecule has 0 atom stereocenters.